The van der Waals surface area contributed by atoms with Crippen molar-refractivity contribution in [2.45, 2.75) is 56.8 Å². The van der Waals surface area contributed by atoms with Crippen LogP contribution < -0.4 is 0 Å². The van der Waals surface area contributed by atoms with Crippen molar-refractivity contribution in [3.8, 4) is 0 Å². The monoisotopic (exact) mass is 307 g/mol. The molecule has 1 aliphatic heterocycles. The maximum Gasteiger partial charge on any atom is 0.296 e. The first-order chi connectivity index (χ1) is 8.69. The number of aromatic nitrogens is 3. The molecule has 1 aromatic heterocycles. The van der Waals surface area contributed by atoms with Crippen LogP contribution in [0.15, 0.2) is 5.16 Å². The molecule has 6 nitrogen and oxygen atoms in total. The summed E-state index contributed by atoms with van der Waals surface area (Å²) in [7, 11) is 1.51. The topological polar surface area (TPSA) is 74.1 Å². The van der Waals surface area contributed by atoms with Gasteiger partial charge in [-0.3, -0.25) is 4.57 Å². The Bertz CT molecular complexity index is 556. The summed E-state index contributed by atoms with van der Waals surface area (Å²) in [5, 5.41) is 7.52. The first-order valence-corrected chi connectivity index (χ1v) is 8.51. The second kappa shape index (κ2) is 5.03. The zero-order valence-electron chi connectivity index (χ0n) is 11.3. The lowest BCUT2D eigenvalue weighted by atomic mass is 10.1. The Balaban J connectivity index is 2.41. The molecule has 2 heterocycles. The molecule has 0 spiro atoms. The average Bonchev–Trinajstić information content (AvgIpc) is 2.84. The van der Waals surface area contributed by atoms with Crippen LogP contribution in [0.25, 0.3) is 0 Å². The van der Waals surface area contributed by atoms with Crippen molar-refractivity contribution in [1.82, 2.24) is 14.8 Å². The second-order valence-corrected chi connectivity index (χ2v) is 8.14. The Morgan fingerprint density at radius 1 is 1.42 bits per heavy atom. The lowest BCUT2D eigenvalue weighted by molar-refractivity contribution is 0.108. The van der Waals surface area contributed by atoms with Crippen LogP contribution in [0.1, 0.15) is 39.4 Å². The Hall–Kier alpha value is -0.660. The van der Waals surface area contributed by atoms with E-state index in [1.165, 1.54) is 0 Å². The van der Waals surface area contributed by atoms with Crippen LogP contribution >= 0.6 is 10.7 Å². The maximum absolute atomic E-state index is 11.6. The normalized spacial score (nSPS) is 20.9. The molecule has 1 aromatic rings. The molecule has 1 aliphatic rings. The third-order valence-corrected chi connectivity index (χ3v) is 4.14. The predicted molar refractivity (Wildman–Crippen MR) is 70.7 cm³/mol. The van der Waals surface area contributed by atoms with Crippen molar-refractivity contribution < 1.29 is 13.2 Å². The van der Waals surface area contributed by atoms with Gasteiger partial charge in [-0.1, -0.05) is 0 Å². The number of rotatable bonds is 3. The van der Waals surface area contributed by atoms with Gasteiger partial charge < -0.3 is 4.74 Å². The minimum Gasteiger partial charge on any atom is -0.378 e. The summed E-state index contributed by atoms with van der Waals surface area (Å²) in [5.74, 6) is 0.596. The lowest BCUT2D eigenvalue weighted by Gasteiger charge is -2.24. The van der Waals surface area contributed by atoms with Gasteiger partial charge in [0.25, 0.3) is 14.2 Å². The van der Waals surface area contributed by atoms with Crippen LogP contribution in [0.4, 0.5) is 0 Å². The zero-order chi connectivity index (χ0) is 14.3. The number of hydrogen-bond acceptors (Lipinski definition) is 5. The smallest absolute Gasteiger partial charge is 0.296 e. The number of halogens is 1. The fourth-order valence-electron chi connectivity index (χ4n) is 2.27. The van der Waals surface area contributed by atoms with Crippen LogP contribution in [0, 0.1) is 0 Å². The van der Waals surface area contributed by atoms with Gasteiger partial charge in [0.05, 0.1) is 6.10 Å². The standard InChI is InChI=1S/C11H18ClN3O3S/c1-11(2,3)15-9(7-8-5-4-6-18-8)13-14-10(15)19(12,16)17/h8H,4-7H2,1-3H3. The molecule has 0 bridgehead atoms. The van der Waals surface area contributed by atoms with Crippen LogP contribution in [-0.4, -0.2) is 35.9 Å². The molecule has 8 heteroatoms. The van der Waals surface area contributed by atoms with Crippen LogP contribution in [0.3, 0.4) is 0 Å². The highest BCUT2D eigenvalue weighted by Crippen LogP contribution is 2.26. The summed E-state index contributed by atoms with van der Waals surface area (Å²) in [6, 6.07) is 0. The van der Waals surface area contributed by atoms with Gasteiger partial charge in [-0.05, 0) is 33.6 Å². The van der Waals surface area contributed by atoms with Crippen molar-refractivity contribution in [3.63, 3.8) is 0 Å². The average molecular weight is 308 g/mol. The summed E-state index contributed by atoms with van der Waals surface area (Å²) in [6.45, 7) is 6.41. The van der Waals surface area contributed by atoms with Crippen molar-refractivity contribution in [1.29, 1.82) is 0 Å². The van der Waals surface area contributed by atoms with Crippen molar-refractivity contribution in [2.24, 2.45) is 0 Å². The third kappa shape index (κ3) is 3.27. The maximum atomic E-state index is 11.6. The van der Waals surface area contributed by atoms with Gasteiger partial charge in [-0.25, -0.2) is 8.42 Å². The van der Waals surface area contributed by atoms with E-state index in [-0.39, 0.29) is 11.3 Å². The van der Waals surface area contributed by atoms with E-state index in [9.17, 15) is 8.42 Å². The SMILES string of the molecule is CC(C)(C)n1c(CC2CCCO2)nnc1S(=O)(=O)Cl. The van der Waals surface area contributed by atoms with Crippen LogP contribution in [0.5, 0.6) is 0 Å². The van der Waals surface area contributed by atoms with E-state index >= 15 is 0 Å². The van der Waals surface area contributed by atoms with Gasteiger partial charge in [-0.15, -0.1) is 10.2 Å². The predicted octanol–water partition coefficient (Wildman–Crippen LogP) is 1.68. The molecule has 1 fully saturated rings. The molecule has 108 valence electrons. The molecule has 0 amide bonds. The molecular formula is C11H18ClN3O3S. The molecular weight excluding hydrogens is 290 g/mol. The number of ether oxygens (including phenoxy) is 1. The molecule has 0 saturated carbocycles. The van der Waals surface area contributed by atoms with Crippen molar-refractivity contribution >= 4 is 19.7 Å². The van der Waals surface area contributed by atoms with Gasteiger partial charge in [0, 0.05) is 29.2 Å². The van der Waals surface area contributed by atoms with Gasteiger partial charge in [-0.2, -0.15) is 0 Å². The molecule has 0 aliphatic carbocycles. The first-order valence-electron chi connectivity index (χ1n) is 6.20. The fourth-order valence-corrected chi connectivity index (χ4v) is 3.31. The van der Waals surface area contributed by atoms with Gasteiger partial charge in [0.15, 0.2) is 0 Å². The zero-order valence-corrected chi connectivity index (χ0v) is 12.8. The van der Waals surface area contributed by atoms with E-state index in [1.807, 2.05) is 20.8 Å². The summed E-state index contributed by atoms with van der Waals surface area (Å²) >= 11 is 0. The fraction of sp³-hybridized carbons (Fsp3) is 0.818. The minimum absolute atomic E-state index is 0.0798. The minimum atomic E-state index is -3.91. The van der Waals surface area contributed by atoms with E-state index in [1.54, 1.807) is 4.57 Å². The molecule has 0 radical (unpaired) electrons. The van der Waals surface area contributed by atoms with Crippen molar-refractivity contribution in [3.05, 3.63) is 5.82 Å². The van der Waals surface area contributed by atoms with E-state index in [0.29, 0.717) is 12.2 Å². The van der Waals surface area contributed by atoms with E-state index in [4.69, 9.17) is 15.4 Å². The molecule has 2 rings (SSSR count). The van der Waals surface area contributed by atoms with E-state index in [0.717, 1.165) is 19.4 Å². The highest BCUT2D eigenvalue weighted by atomic mass is 35.7. The summed E-state index contributed by atoms with van der Waals surface area (Å²) in [6.07, 6.45) is 2.61. The number of hydrogen-bond donors (Lipinski definition) is 0. The second-order valence-electron chi connectivity index (χ2n) is 5.68. The largest absolute Gasteiger partial charge is 0.378 e. The Kier molecular flexibility index (Phi) is 3.90. The first kappa shape index (κ1) is 14.7. The Morgan fingerprint density at radius 2 is 2.11 bits per heavy atom. The molecule has 0 N–H and O–H groups in total. The highest BCUT2D eigenvalue weighted by Gasteiger charge is 2.31. The van der Waals surface area contributed by atoms with Gasteiger partial charge in [0.1, 0.15) is 5.82 Å². The summed E-state index contributed by atoms with van der Waals surface area (Å²) in [4.78, 5) is 0. The summed E-state index contributed by atoms with van der Waals surface area (Å²) < 4.78 is 30.3. The molecule has 1 unspecified atom stereocenters. The van der Waals surface area contributed by atoms with Crippen LogP contribution in [0.2, 0.25) is 0 Å². The van der Waals surface area contributed by atoms with Crippen LogP contribution in [-0.2, 0) is 25.7 Å². The van der Waals surface area contributed by atoms with E-state index < -0.39 is 14.6 Å². The molecule has 1 saturated heterocycles. The molecule has 1 atom stereocenters. The number of nitrogens with zero attached hydrogens (tertiary/aromatic N) is 3. The van der Waals surface area contributed by atoms with Gasteiger partial charge in [0.2, 0.25) is 0 Å². The molecule has 19 heavy (non-hydrogen) atoms. The molecule has 0 aromatic carbocycles. The Labute approximate surface area is 117 Å². The quantitative estimate of drug-likeness (QED) is 0.794. The van der Waals surface area contributed by atoms with E-state index in [2.05, 4.69) is 10.2 Å². The van der Waals surface area contributed by atoms with Crippen molar-refractivity contribution in [2.75, 3.05) is 6.61 Å². The van der Waals surface area contributed by atoms with Gasteiger partial charge >= 0.3 is 0 Å². The third-order valence-electron chi connectivity index (χ3n) is 3.02. The summed E-state index contributed by atoms with van der Waals surface area (Å²) in [5.41, 5.74) is -0.464. The highest BCUT2D eigenvalue weighted by molar-refractivity contribution is 8.13. The Morgan fingerprint density at radius 3 is 2.58 bits per heavy atom. The lowest BCUT2D eigenvalue weighted by Crippen LogP contribution is -2.28.